The van der Waals surface area contributed by atoms with Crippen molar-refractivity contribution in [1.29, 1.82) is 0 Å². The van der Waals surface area contributed by atoms with Gasteiger partial charge in [-0.3, -0.25) is 0 Å². The Balaban J connectivity index is 0.000000720. The molecule has 2 rings (SSSR count). The van der Waals surface area contributed by atoms with Gasteiger partial charge < -0.3 is 10.4 Å². The van der Waals surface area contributed by atoms with Gasteiger partial charge in [-0.2, -0.15) is 14.8 Å². The van der Waals surface area contributed by atoms with Crippen molar-refractivity contribution in [1.82, 2.24) is 14.8 Å². The normalized spacial score (nSPS) is 25.5. The van der Waals surface area contributed by atoms with Crippen LogP contribution in [0, 0.1) is 0 Å². The number of rotatable bonds is 0. The summed E-state index contributed by atoms with van der Waals surface area (Å²) in [5.41, 5.74) is -1.06. The van der Waals surface area contributed by atoms with Crippen molar-refractivity contribution < 1.29 is 27.5 Å². The van der Waals surface area contributed by atoms with Crippen molar-refractivity contribution in [2.24, 2.45) is 0 Å². The maximum absolute atomic E-state index is 9.65. The molecule has 0 aromatic carbocycles. The SMILES string of the molecule is CC1(O)C=CNc2ncnn21.[Ag+]. The van der Waals surface area contributed by atoms with E-state index in [1.54, 1.807) is 19.2 Å². The van der Waals surface area contributed by atoms with Gasteiger partial charge in [0, 0.05) is 6.20 Å². The quantitative estimate of drug-likeness (QED) is 0.638. The number of fused-ring (bicyclic) bond motifs is 1. The molecule has 0 amide bonds. The predicted octanol–water partition coefficient (Wildman–Crippen LogP) is -0.120. The number of nitrogens with zero attached hydrogens (tertiary/aromatic N) is 3. The Kier molecular flexibility index (Phi) is 2.39. The van der Waals surface area contributed by atoms with Crippen LogP contribution in [0.4, 0.5) is 5.95 Å². The van der Waals surface area contributed by atoms with Gasteiger partial charge in [-0.15, -0.1) is 0 Å². The van der Waals surface area contributed by atoms with Gasteiger partial charge in [-0.05, 0) is 13.0 Å². The van der Waals surface area contributed by atoms with Gasteiger partial charge in [0.2, 0.25) is 5.95 Å². The van der Waals surface area contributed by atoms with Gasteiger partial charge in [0.25, 0.3) is 0 Å². The summed E-state index contributed by atoms with van der Waals surface area (Å²) in [6.07, 6.45) is 4.64. The van der Waals surface area contributed by atoms with Crippen LogP contribution >= 0.6 is 0 Å². The van der Waals surface area contributed by atoms with Crippen molar-refractivity contribution in [2.45, 2.75) is 12.6 Å². The van der Waals surface area contributed by atoms with Crippen LogP contribution in [0.2, 0.25) is 0 Å². The standard InChI is InChI=1S/C6H8N4O.Ag/c1-6(11)2-3-7-5-8-4-9-10(5)6;/h2-4,11H,1H3,(H,7,8,9);/q;+1. The second kappa shape index (κ2) is 3.02. The molecule has 12 heavy (non-hydrogen) atoms. The van der Waals surface area contributed by atoms with Crippen molar-refractivity contribution in [3.05, 3.63) is 18.6 Å². The first-order valence-corrected chi connectivity index (χ1v) is 3.27. The van der Waals surface area contributed by atoms with E-state index in [1.807, 2.05) is 0 Å². The van der Waals surface area contributed by atoms with E-state index in [-0.39, 0.29) is 22.4 Å². The third kappa shape index (κ3) is 1.32. The monoisotopic (exact) mass is 259 g/mol. The minimum absolute atomic E-state index is 0. The number of nitrogens with one attached hydrogen (secondary N) is 1. The van der Waals surface area contributed by atoms with E-state index >= 15 is 0 Å². The van der Waals surface area contributed by atoms with E-state index in [9.17, 15) is 5.11 Å². The molecule has 0 fully saturated rings. The smallest absolute Gasteiger partial charge is 0.366 e. The number of aliphatic hydroxyl groups is 1. The Morgan fingerprint density at radius 1 is 1.67 bits per heavy atom. The molecule has 1 aliphatic rings. The number of anilines is 1. The van der Waals surface area contributed by atoms with Crippen LogP contribution in [0.1, 0.15) is 6.92 Å². The van der Waals surface area contributed by atoms with Crippen LogP contribution in [0.25, 0.3) is 0 Å². The Morgan fingerprint density at radius 2 is 2.42 bits per heavy atom. The molecular weight excluding hydrogens is 252 g/mol. The topological polar surface area (TPSA) is 63.0 Å². The molecular formula is C6H8AgN4O+. The molecule has 68 valence electrons. The fourth-order valence-corrected chi connectivity index (χ4v) is 1.02. The first kappa shape index (κ1) is 9.47. The molecule has 0 radical (unpaired) electrons. The van der Waals surface area contributed by atoms with Crippen molar-refractivity contribution in [3.63, 3.8) is 0 Å². The van der Waals surface area contributed by atoms with Crippen molar-refractivity contribution in [2.75, 3.05) is 5.32 Å². The first-order valence-electron chi connectivity index (χ1n) is 3.27. The molecule has 1 aliphatic heterocycles. The Morgan fingerprint density at radius 3 is 3.08 bits per heavy atom. The summed E-state index contributed by atoms with van der Waals surface area (Å²) in [4.78, 5) is 3.88. The average molecular weight is 260 g/mol. The average Bonchev–Trinajstić information content (AvgIpc) is 2.34. The largest absolute Gasteiger partial charge is 1.00 e. The zero-order valence-corrected chi connectivity index (χ0v) is 7.80. The minimum Gasteiger partial charge on any atom is -0.366 e. The number of aromatic nitrogens is 3. The van der Waals surface area contributed by atoms with Crippen LogP contribution in [0.3, 0.4) is 0 Å². The fraction of sp³-hybridized carbons (Fsp3) is 0.333. The third-order valence-corrected chi connectivity index (χ3v) is 1.59. The first-order chi connectivity index (χ1) is 5.20. The summed E-state index contributed by atoms with van der Waals surface area (Å²) in [5, 5.41) is 16.3. The third-order valence-electron chi connectivity index (χ3n) is 1.59. The molecule has 0 bridgehead atoms. The maximum atomic E-state index is 9.65. The Bertz CT molecular complexity index is 306. The second-order valence-corrected chi connectivity index (χ2v) is 2.57. The van der Waals surface area contributed by atoms with Gasteiger partial charge in [-0.1, -0.05) is 0 Å². The molecule has 1 aromatic rings. The molecule has 1 atom stereocenters. The summed E-state index contributed by atoms with van der Waals surface area (Å²) in [6.45, 7) is 1.64. The number of hydrogen-bond acceptors (Lipinski definition) is 4. The van der Waals surface area contributed by atoms with Crippen molar-refractivity contribution >= 4 is 5.95 Å². The summed E-state index contributed by atoms with van der Waals surface area (Å²) < 4.78 is 1.41. The van der Waals surface area contributed by atoms with E-state index in [2.05, 4.69) is 15.4 Å². The van der Waals surface area contributed by atoms with Gasteiger partial charge >= 0.3 is 22.4 Å². The van der Waals surface area contributed by atoms with Gasteiger partial charge in [0.15, 0.2) is 5.72 Å². The molecule has 0 aliphatic carbocycles. The van der Waals surface area contributed by atoms with Crippen LogP contribution in [0.5, 0.6) is 0 Å². The van der Waals surface area contributed by atoms with Crippen LogP contribution in [0.15, 0.2) is 18.6 Å². The molecule has 5 nitrogen and oxygen atoms in total. The van der Waals surface area contributed by atoms with E-state index in [4.69, 9.17) is 0 Å². The minimum atomic E-state index is -1.06. The van der Waals surface area contributed by atoms with Crippen LogP contribution in [-0.2, 0) is 28.1 Å². The fourth-order valence-electron chi connectivity index (χ4n) is 1.02. The van der Waals surface area contributed by atoms with E-state index < -0.39 is 5.72 Å². The van der Waals surface area contributed by atoms with Crippen LogP contribution in [-0.4, -0.2) is 19.9 Å². The summed E-state index contributed by atoms with van der Waals surface area (Å²) >= 11 is 0. The molecule has 0 saturated heterocycles. The van der Waals surface area contributed by atoms with E-state index in [0.29, 0.717) is 5.95 Å². The van der Waals surface area contributed by atoms with Gasteiger partial charge in [0.1, 0.15) is 6.33 Å². The van der Waals surface area contributed by atoms with E-state index in [1.165, 1.54) is 11.0 Å². The summed E-state index contributed by atoms with van der Waals surface area (Å²) in [6, 6.07) is 0. The zero-order valence-electron chi connectivity index (χ0n) is 6.32. The molecule has 6 heteroatoms. The second-order valence-electron chi connectivity index (χ2n) is 2.57. The molecule has 2 heterocycles. The summed E-state index contributed by atoms with van der Waals surface area (Å²) in [7, 11) is 0. The van der Waals surface area contributed by atoms with Crippen molar-refractivity contribution in [3.8, 4) is 0 Å². The molecule has 0 spiro atoms. The zero-order chi connectivity index (χ0) is 7.90. The molecule has 1 unspecified atom stereocenters. The van der Waals surface area contributed by atoms with E-state index in [0.717, 1.165) is 0 Å². The number of hydrogen-bond donors (Lipinski definition) is 2. The summed E-state index contributed by atoms with van der Waals surface area (Å²) in [5.74, 6) is 0.553. The maximum Gasteiger partial charge on any atom is 1.00 e. The Hall–Kier alpha value is -0.620. The molecule has 0 saturated carbocycles. The van der Waals surface area contributed by atoms with Gasteiger partial charge in [0.05, 0.1) is 0 Å². The molecule has 2 N–H and O–H groups in total. The predicted molar refractivity (Wildman–Crippen MR) is 38.7 cm³/mol. The Labute approximate surface area is 85.0 Å². The van der Waals surface area contributed by atoms with Gasteiger partial charge in [-0.25, -0.2) is 0 Å². The molecule has 1 aromatic heterocycles. The van der Waals surface area contributed by atoms with Crippen LogP contribution < -0.4 is 5.32 Å².